The largest absolute Gasteiger partial charge is 0.355 e. The molecule has 5 nitrogen and oxygen atoms in total. The van der Waals surface area contributed by atoms with Gasteiger partial charge in [0.15, 0.2) is 0 Å². The van der Waals surface area contributed by atoms with Crippen molar-refractivity contribution in [2.45, 2.75) is 25.7 Å². The van der Waals surface area contributed by atoms with Crippen LogP contribution in [-0.4, -0.2) is 23.9 Å². The van der Waals surface area contributed by atoms with Gasteiger partial charge < -0.3 is 5.32 Å². The molecule has 0 atom stereocenters. The quantitative estimate of drug-likeness (QED) is 0.797. The molecule has 0 aliphatic carbocycles. The van der Waals surface area contributed by atoms with E-state index in [1.54, 1.807) is 24.3 Å². The van der Waals surface area contributed by atoms with Crippen molar-refractivity contribution in [3.63, 3.8) is 0 Å². The lowest BCUT2D eigenvalue weighted by molar-refractivity contribution is 0.589. The summed E-state index contributed by atoms with van der Waals surface area (Å²) in [5.74, 6) is 0.341. The van der Waals surface area contributed by atoms with Gasteiger partial charge in [0.05, 0.1) is 15.9 Å². The maximum absolute atomic E-state index is 13.1. The average molecular weight is 329 g/mol. The lowest BCUT2D eigenvalue weighted by Gasteiger charge is -2.11. The van der Waals surface area contributed by atoms with Crippen LogP contribution in [-0.2, 0) is 10.0 Å². The van der Waals surface area contributed by atoms with Crippen LogP contribution in [0.1, 0.15) is 18.1 Å². The second-order valence-corrected chi connectivity index (χ2v) is 7.33. The maximum atomic E-state index is 13.1. The van der Waals surface area contributed by atoms with Crippen molar-refractivity contribution in [3.05, 3.63) is 53.6 Å². The monoisotopic (exact) mass is 329 g/mol. The van der Waals surface area contributed by atoms with Crippen molar-refractivity contribution < 1.29 is 8.42 Å². The first-order valence-electron chi connectivity index (χ1n) is 7.48. The third-order valence-electron chi connectivity index (χ3n) is 3.66. The summed E-state index contributed by atoms with van der Waals surface area (Å²) in [5, 5.41) is 3.04. The van der Waals surface area contributed by atoms with Crippen LogP contribution in [0.3, 0.4) is 0 Å². The molecule has 0 spiro atoms. The molecule has 1 heterocycles. The van der Waals surface area contributed by atoms with Crippen LogP contribution in [0.15, 0.2) is 47.4 Å². The molecule has 2 aromatic carbocycles. The number of imidazole rings is 1. The summed E-state index contributed by atoms with van der Waals surface area (Å²) >= 11 is 0. The van der Waals surface area contributed by atoms with E-state index in [9.17, 15) is 8.42 Å². The number of fused-ring (bicyclic) bond motifs is 1. The Hall–Kier alpha value is -2.34. The smallest absolute Gasteiger partial charge is 0.271 e. The number of aromatic nitrogens is 2. The van der Waals surface area contributed by atoms with Crippen LogP contribution in [0, 0.1) is 13.8 Å². The Morgan fingerprint density at radius 3 is 2.35 bits per heavy atom. The molecule has 0 aliphatic rings. The number of benzene rings is 2. The zero-order chi connectivity index (χ0) is 16.6. The van der Waals surface area contributed by atoms with Crippen molar-refractivity contribution >= 4 is 27.0 Å². The minimum absolute atomic E-state index is 0.253. The topological polar surface area (TPSA) is 64.0 Å². The number of anilines is 1. The molecule has 3 rings (SSSR count). The number of hydrogen-bond donors (Lipinski definition) is 1. The molecule has 0 radical (unpaired) electrons. The molecule has 1 aromatic heterocycles. The summed E-state index contributed by atoms with van der Waals surface area (Å²) in [6.45, 7) is 6.36. The van der Waals surface area contributed by atoms with E-state index in [-0.39, 0.29) is 4.90 Å². The molecule has 0 saturated heterocycles. The van der Waals surface area contributed by atoms with Gasteiger partial charge in [0.25, 0.3) is 10.0 Å². The number of hydrogen-bond acceptors (Lipinski definition) is 4. The highest BCUT2D eigenvalue weighted by molar-refractivity contribution is 7.90. The first kappa shape index (κ1) is 15.6. The van der Waals surface area contributed by atoms with E-state index in [4.69, 9.17) is 0 Å². The van der Waals surface area contributed by atoms with E-state index >= 15 is 0 Å². The van der Waals surface area contributed by atoms with Gasteiger partial charge in [-0.2, -0.15) is 0 Å². The SMILES string of the molecule is CCNc1nc2ccc(C)cc2n1S(=O)(=O)c1ccc(C)cc1. The molecular formula is C17H19N3O2S. The molecule has 1 N–H and O–H groups in total. The Labute approximate surface area is 136 Å². The Kier molecular flexibility index (Phi) is 3.85. The van der Waals surface area contributed by atoms with Gasteiger partial charge in [0.2, 0.25) is 5.95 Å². The van der Waals surface area contributed by atoms with Crippen LogP contribution in [0.25, 0.3) is 11.0 Å². The van der Waals surface area contributed by atoms with Gasteiger partial charge in [0, 0.05) is 6.54 Å². The first-order valence-corrected chi connectivity index (χ1v) is 8.92. The van der Waals surface area contributed by atoms with Gasteiger partial charge in [0.1, 0.15) is 0 Å². The standard InChI is InChI=1S/C17H19N3O2S/c1-4-18-17-19-15-10-7-13(3)11-16(15)20(17)23(21,22)14-8-5-12(2)6-9-14/h5-11H,4H2,1-3H3,(H,18,19). The maximum Gasteiger partial charge on any atom is 0.271 e. The zero-order valence-electron chi connectivity index (χ0n) is 13.4. The Morgan fingerprint density at radius 2 is 1.70 bits per heavy atom. The summed E-state index contributed by atoms with van der Waals surface area (Å²) in [4.78, 5) is 4.68. The molecule has 23 heavy (non-hydrogen) atoms. The Morgan fingerprint density at radius 1 is 1.04 bits per heavy atom. The van der Waals surface area contributed by atoms with Crippen LogP contribution in [0.4, 0.5) is 5.95 Å². The molecule has 3 aromatic rings. The van der Waals surface area contributed by atoms with Crippen LogP contribution >= 0.6 is 0 Å². The predicted molar refractivity (Wildman–Crippen MR) is 92.4 cm³/mol. The van der Waals surface area contributed by atoms with Gasteiger partial charge in [-0.1, -0.05) is 23.8 Å². The highest BCUT2D eigenvalue weighted by atomic mass is 32.2. The molecule has 0 unspecified atom stereocenters. The number of nitrogens with one attached hydrogen (secondary N) is 1. The fourth-order valence-corrected chi connectivity index (χ4v) is 3.92. The van der Waals surface area contributed by atoms with Gasteiger partial charge in [-0.15, -0.1) is 0 Å². The highest BCUT2D eigenvalue weighted by Crippen LogP contribution is 2.27. The Bertz CT molecular complexity index is 957. The first-order chi connectivity index (χ1) is 10.9. The molecule has 6 heteroatoms. The second-order valence-electron chi connectivity index (χ2n) is 5.54. The normalized spacial score (nSPS) is 11.8. The van der Waals surface area contributed by atoms with Gasteiger partial charge in [-0.05, 0) is 50.6 Å². The molecular weight excluding hydrogens is 310 g/mol. The molecule has 0 amide bonds. The summed E-state index contributed by atoms with van der Waals surface area (Å²) < 4.78 is 27.5. The number of nitrogens with zero attached hydrogens (tertiary/aromatic N) is 2. The van der Waals surface area contributed by atoms with Crippen molar-refractivity contribution in [2.75, 3.05) is 11.9 Å². The predicted octanol–water partition coefficient (Wildman–Crippen LogP) is 3.32. The van der Waals surface area contributed by atoms with Gasteiger partial charge >= 0.3 is 0 Å². The van der Waals surface area contributed by atoms with Crippen molar-refractivity contribution in [1.29, 1.82) is 0 Å². The zero-order valence-corrected chi connectivity index (χ0v) is 14.2. The van der Waals surface area contributed by atoms with Crippen molar-refractivity contribution in [1.82, 2.24) is 8.96 Å². The van der Waals surface area contributed by atoms with Crippen LogP contribution in [0.2, 0.25) is 0 Å². The summed E-state index contributed by atoms with van der Waals surface area (Å²) in [6.07, 6.45) is 0. The van der Waals surface area contributed by atoms with E-state index in [1.807, 2.05) is 39.0 Å². The van der Waals surface area contributed by atoms with E-state index in [1.165, 1.54) is 3.97 Å². The minimum atomic E-state index is -3.72. The number of aryl methyl sites for hydroxylation is 2. The molecule has 0 fully saturated rings. The van der Waals surface area contributed by atoms with Crippen molar-refractivity contribution in [2.24, 2.45) is 0 Å². The second kappa shape index (κ2) is 5.70. The minimum Gasteiger partial charge on any atom is -0.355 e. The molecule has 0 saturated carbocycles. The van der Waals surface area contributed by atoms with E-state index in [0.29, 0.717) is 23.5 Å². The summed E-state index contributed by atoms with van der Waals surface area (Å²) in [6, 6.07) is 12.5. The molecule has 120 valence electrons. The molecule has 0 aliphatic heterocycles. The third kappa shape index (κ3) is 2.70. The fraction of sp³-hybridized carbons (Fsp3) is 0.235. The lowest BCUT2D eigenvalue weighted by atomic mass is 10.2. The van der Waals surface area contributed by atoms with Crippen LogP contribution in [0.5, 0.6) is 0 Å². The summed E-state index contributed by atoms with van der Waals surface area (Å²) in [5.41, 5.74) is 3.24. The highest BCUT2D eigenvalue weighted by Gasteiger charge is 2.24. The average Bonchev–Trinajstić information content (AvgIpc) is 2.86. The lowest BCUT2D eigenvalue weighted by Crippen LogP contribution is -2.16. The third-order valence-corrected chi connectivity index (χ3v) is 5.38. The number of rotatable bonds is 4. The fourth-order valence-electron chi connectivity index (χ4n) is 2.49. The molecule has 0 bridgehead atoms. The van der Waals surface area contributed by atoms with Gasteiger partial charge in [-0.25, -0.2) is 17.4 Å². The van der Waals surface area contributed by atoms with Crippen LogP contribution < -0.4 is 5.32 Å². The van der Waals surface area contributed by atoms with E-state index in [2.05, 4.69) is 10.3 Å². The summed E-state index contributed by atoms with van der Waals surface area (Å²) in [7, 11) is -3.72. The van der Waals surface area contributed by atoms with E-state index < -0.39 is 10.0 Å². The van der Waals surface area contributed by atoms with Crippen molar-refractivity contribution in [3.8, 4) is 0 Å². The van der Waals surface area contributed by atoms with E-state index in [0.717, 1.165) is 11.1 Å². The van der Waals surface area contributed by atoms with Gasteiger partial charge in [-0.3, -0.25) is 0 Å². The Balaban J connectivity index is 2.30.